The van der Waals surface area contributed by atoms with Crippen LogP contribution in [0.25, 0.3) is 0 Å². The van der Waals surface area contributed by atoms with Gasteiger partial charge in [0.2, 0.25) is 0 Å². The minimum absolute atomic E-state index is 0.171. The van der Waals surface area contributed by atoms with Crippen LogP contribution in [-0.2, 0) is 0 Å². The van der Waals surface area contributed by atoms with Crippen molar-refractivity contribution in [3.05, 3.63) is 35.6 Å². The second kappa shape index (κ2) is 10.7. The summed E-state index contributed by atoms with van der Waals surface area (Å²) in [4.78, 5) is 0. The Hall–Kier alpha value is -1.29. The normalized spacial score (nSPS) is 6.77. The topological polar surface area (TPSA) is 0 Å². The first-order chi connectivity index (χ1) is 6.20. The number of aryl methyl sites for hydroxylation is 1. The van der Waals surface area contributed by atoms with Crippen LogP contribution >= 0.6 is 0 Å². The molecule has 0 aromatic heterocycles. The van der Waals surface area contributed by atoms with Crippen molar-refractivity contribution in [2.24, 2.45) is 0 Å². The van der Waals surface area contributed by atoms with Crippen LogP contribution in [0, 0.1) is 25.1 Å². The lowest BCUT2D eigenvalue weighted by molar-refractivity contribution is 0.627. The molecule has 72 valence electrons. The minimum Gasteiger partial charge on any atom is -0.207 e. The third kappa shape index (κ3) is 10.7. The lowest BCUT2D eigenvalue weighted by atomic mass is 10.2. The Morgan fingerprint density at radius 1 is 1.15 bits per heavy atom. The molecule has 0 heterocycles. The van der Waals surface area contributed by atoms with E-state index < -0.39 is 0 Å². The fourth-order valence-electron chi connectivity index (χ4n) is 0.533. The lowest BCUT2D eigenvalue weighted by Crippen LogP contribution is -1.71. The zero-order chi connectivity index (χ0) is 10.7. The summed E-state index contributed by atoms with van der Waals surface area (Å²) >= 11 is 0. The average molecular weight is 180 g/mol. The maximum absolute atomic E-state index is 12.1. The van der Waals surface area contributed by atoms with E-state index in [1.54, 1.807) is 19.1 Å². The Morgan fingerprint density at radius 3 is 1.69 bits per heavy atom. The second-order valence-corrected chi connectivity index (χ2v) is 2.08. The van der Waals surface area contributed by atoms with Crippen LogP contribution in [0.1, 0.15) is 26.3 Å². The molecule has 1 heteroatoms. The molecule has 0 radical (unpaired) electrons. The summed E-state index contributed by atoms with van der Waals surface area (Å²) in [5, 5.41) is 0. The highest BCUT2D eigenvalue weighted by Gasteiger charge is 1.83. The molecule has 0 aliphatic carbocycles. The molecule has 0 unspecified atom stereocenters. The fraction of sp³-hybridized carbons (Fsp3) is 0.333. The van der Waals surface area contributed by atoms with E-state index in [4.69, 9.17) is 0 Å². The van der Waals surface area contributed by atoms with Crippen molar-refractivity contribution in [1.29, 1.82) is 0 Å². The summed E-state index contributed by atoms with van der Waals surface area (Å²) < 4.78 is 12.1. The zero-order valence-corrected chi connectivity index (χ0v) is 8.76. The zero-order valence-electron chi connectivity index (χ0n) is 8.76. The Morgan fingerprint density at radius 2 is 1.46 bits per heavy atom. The lowest BCUT2D eigenvalue weighted by Gasteiger charge is -1.87. The SMILES string of the molecule is C#CC.CC.Cc1ccc(F)cc1. The first kappa shape index (κ1) is 14.2. The molecule has 0 nitrogen and oxygen atoms in total. The van der Waals surface area contributed by atoms with Gasteiger partial charge in [-0.2, -0.15) is 0 Å². The Bertz CT molecular complexity index is 207. The van der Waals surface area contributed by atoms with Gasteiger partial charge in [-0.1, -0.05) is 31.5 Å². The van der Waals surface area contributed by atoms with Gasteiger partial charge in [0.05, 0.1) is 0 Å². The fourth-order valence-corrected chi connectivity index (χ4v) is 0.533. The third-order valence-electron chi connectivity index (χ3n) is 1.01. The van der Waals surface area contributed by atoms with Crippen molar-refractivity contribution in [3.8, 4) is 12.3 Å². The van der Waals surface area contributed by atoms with Crippen molar-refractivity contribution < 1.29 is 4.39 Å². The van der Waals surface area contributed by atoms with Gasteiger partial charge >= 0.3 is 0 Å². The number of rotatable bonds is 0. The Kier molecular flexibility index (Phi) is 11.7. The van der Waals surface area contributed by atoms with E-state index in [1.165, 1.54) is 12.1 Å². The monoisotopic (exact) mass is 180 g/mol. The minimum atomic E-state index is -0.171. The molecule has 0 atom stereocenters. The molecular weight excluding hydrogens is 163 g/mol. The molecule has 0 bridgehead atoms. The van der Waals surface area contributed by atoms with Gasteiger partial charge in [-0.25, -0.2) is 4.39 Å². The molecule has 0 fully saturated rings. The largest absolute Gasteiger partial charge is 0.207 e. The quantitative estimate of drug-likeness (QED) is 0.533. The summed E-state index contributed by atoms with van der Waals surface area (Å²) in [6, 6.07) is 6.40. The van der Waals surface area contributed by atoms with E-state index in [0.29, 0.717) is 0 Å². The van der Waals surface area contributed by atoms with E-state index in [0.717, 1.165) is 5.56 Å². The van der Waals surface area contributed by atoms with Gasteiger partial charge in [-0.3, -0.25) is 0 Å². The van der Waals surface area contributed by atoms with Crippen LogP contribution in [-0.4, -0.2) is 0 Å². The van der Waals surface area contributed by atoms with Gasteiger partial charge in [0, 0.05) is 0 Å². The molecule has 1 aromatic carbocycles. The van der Waals surface area contributed by atoms with E-state index in [-0.39, 0.29) is 5.82 Å². The summed E-state index contributed by atoms with van der Waals surface area (Å²) in [6.07, 6.45) is 4.60. The van der Waals surface area contributed by atoms with E-state index >= 15 is 0 Å². The van der Waals surface area contributed by atoms with Crippen molar-refractivity contribution in [1.82, 2.24) is 0 Å². The van der Waals surface area contributed by atoms with Gasteiger partial charge in [-0.15, -0.1) is 12.3 Å². The maximum Gasteiger partial charge on any atom is 0.123 e. The molecule has 0 amide bonds. The van der Waals surface area contributed by atoms with Crippen LogP contribution in [0.2, 0.25) is 0 Å². The van der Waals surface area contributed by atoms with Gasteiger partial charge in [0.25, 0.3) is 0 Å². The molecule has 1 rings (SSSR count). The average Bonchev–Trinajstić information content (AvgIpc) is 2.15. The number of hydrogen-bond acceptors (Lipinski definition) is 0. The summed E-state index contributed by atoms with van der Waals surface area (Å²) in [7, 11) is 0. The highest BCUT2D eigenvalue weighted by atomic mass is 19.1. The molecule has 13 heavy (non-hydrogen) atoms. The third-order valence-corrected chi connectivity index (χ3v) is 1.01. The highest BCUT2D eigenvalue weighted by molar-refractivity contribution is 5.13. The van der Waals surface area contributed by atoms with Crippen LogP contribution in [0.3, 0.4) is 0 Å². The molecule has 0 aliphatic heterocycles. The first-order valence-electron chi connectivity index (χ1n) is 4.30. The first-order valence-corrected chi connectivity index (χ1v) is 4.30. The summed E-state index contributed by atoms with van der Waals surface area (Å²) in [5.74, 6) is 2.08. The summed E-state index contributed by atoms with van der Waals surface area (Å²) in [6.45, 7) is 7.58. The van der Waals surface area contributed by atoms with E-state index in [2.05, 4.69) is 12.3 Å². The second-order valence-electron chi connectivity index (χ2n) is 2.08. The van der Waals surface area contributed by atoms with Crippen LogP contribution in [0.5, 0.6) is 0 Å². The van der Waals surface area contributed by atoms with Gasteiger partial charge < -0.3 is 0 Å². The van der Waals surface area contributed by atoms with Crippen molar-refractivity contribution in [2.75, 3.05) is 0 Å². The smallest absolute Gasteiger partial charge is 0.123 e. The van der Waals surface area contributed by atoms with Gasteiger partial charge in [0.1, 0.15) is 5.82 Å². The van der Waals surface area contributed by atoms with E-state index in [9.17, 15) is 4.39 Å². The van der Waals surface area contributed by atoms with E-state index in [1.807, 2.05) is 20.8 Å². The van der Waals surface area contributed by atoms with Gasteiger partial charge in [0.15, 0.2) is 0 Å². The van der Waals surface area contributed by atoms with Crippen molar-refractivity contribution in [2.45, 2.75) is 27.7 Å². The summed E-state index contributed by atoms with van der Waals surface area (Å²) in [5.41, 5.74) is 1.09. The predicted octanol–water partition coefficient (Wildman–Crippen LogP) is 3.80. The molecule has 0 saturated carbocycles. The van der Waals surface area contributed by atoms with Crippen LogP contribution in [0.4, 0.5) is 4.39 Å². The number of terminal acetylenes is 1. The maximum atomic E-state index is 12.1. The molecule has 0 aliphatic rings. The van der Waals surface area contributed by atoms with Crippen LogP contribution < -0.4 is 0 Å². The number of benzene rings is 1. The van der Waals surface area contributed by atoms with Gasteiger partial charge in [-0.05, 0) is 26.0 Å². The molecule has 1 aromatic rings. The number of hydrogen-bond donors (Lipinski definition) is 0. The molecule has 0 spiro atoms. The van der Waals surface area contributed by atoms with Crippen molar-refractivity contribution in [3.63, 3.8) is 0 Å². The highest BCUT2D eigenvalue weighted by Crippen LogP contribution is 1.98. The Balaban J connectivity index is 0. The Labute approximate surface area is 80.8 Å². The predicted molar refractivity (Wildman–Crippen MR) is 57.0 cm³/mol. The molecule has 0 N–H and O–H groups in total. The molecule has 0 saturated heterocycles. The van der Waals surface area contributed by atoms with Crippen molar-refractivity contribution >= 4 is 0 Å². The molecular formula is C12H17F. The van der Waals surface area contributed by atoms with Crippen LogP contribution in [0.15, 0.2) is 24.3 Å². The number of halogens is 1. The standard InChI is InChI=1S/C7H7F.C3H4.C2H6/c1-6-2-4-7(8)5-3-6;1-3-2;1-2/h2-5H,1H3;1H,2H3;1-2H3.